The van der Waals surface area contributed by atoms with Crippen LogP contribution in [-0.2, 0) is 11.8 Å². The third-order valence-corrected chi connectivity index (χ3v) is 4.16. The van der Waals surface area contributed by atoms with Gasteiger partial charge in [0.2, 0.25) is 11.7 Å². The third-order valence-electron chi connectivity index (χ3n) is 3.29. The van der Waals surface area contributed by atoms with Crippen molar-refractivity contribution in [3.63, 3.8) is 0 Å². The Bertz CT molecular complexity index is 852. The van der Waals surface area contributed by atoms with E-state index in [0.717, 1.165) is 5.52 Å². The van der Waals surface area contributed by atoms with Crippen LogP contribution >= 0.6 is 11.3 Å². The van der Waals surface area contributed by atoms with Crippen molar-refractivity contribution in [2.45, 2.75) is 0 Å². The van der Waals surface area contributed by atoms with Crippen LogP contribution in [0.15, 0.2) is 35.7 Å². The van der Waals surface area contributed by atoms with Gasteiger partial charge in [0.1, 0.15) is 0 Å². The molecule has 0 spiro atoms. The second-order valence-electron chi connectivity index (χ2n) is 4.62. The zero-order valence-electron chi connectivity index (χ0n) is 12.0. The van der Waals surface area contributed by atoms with Crippen molar-refractivity contribution in [2.75, 3.05) is 12.4 Å². The first-order valence-electron chi connectivity index (χ1n) is 6.50. The lowest BCUT2D eigenvalue weighted by Crippen LogP contribution is -2.14. The van der Waals surface area contributed by atoms with E-state index in [1.165, 1.54) is 18.4 Å². The van der Waals surface area contributed by atoms with Gasteiger partial charge in [-0.1, -0.05) is 6.07 Å². The molecule has 2 heterocycles. The number of amides is 1. The van der Waals surface area contributed by atoms with Gasteiger partial charge in [-0.3, -0.25) is 10.1 Å². The molecule has 0 aliphatic rings. The smallest absolute Gasteiger partial charge is 0.413 e. The van der Waals surface area contributed by atoms with Crippen LogP contribution in [0.25, 0.3) is 11.0 Å². The quantitative estimate of drug-likeness (QED) is 0.754. The maximum atomic E-state index is 12.4. The molecule has 0 aliphatic carbocycles. The number of nitrogens with zero attached hydrogens (tertiary/aromatic N) is 2. The van der Waals surface area contributed by atoms with E-state index in [0.29, 0.717) is 21.9 Å². The summed E-state index contributed by atoms with van der Waals surface area (Å²) in [7, 11) is 3.07. The molecule has 0 unspecified atom stereocenters. The molecule has 0 saturated carbocycles. The molecule has 2 aromatic heterocycles. The molecule has 3 aromatic rings. The fourth-order valence-electron chi connectivity index (χ4n) is 2.15. The minimum absolute atomic E-state index is 0.0370. The van der Waals surface area contributed by atoms with Gasteiger partial charge >= 0.3 is 6.09 Å². The van der Waals surface area contributed by atoms with Crippen LogP contribution in [0.5, 0.6) is 0 Å². The molecule has 22 heavy (non-hydrogen) atoms. The molecular weight excluding hydrogens is 302 g/mol. The fourth-order valence-corrected chi connectivity index (χ4v) is 2.83. The zero-order valence-corrected chi connectivity index (χ0v) is 12.8. The lowest BCUT2D eigenvalue weighted by molar-refractivity contribution is 0.104. The van der Waals surface area contributed by atoms with E-state index in [1.807, 2.05) is 17.5 Å². The average Bonchev–Trinajstić information content (AvgIpc) is 3.15. The Hall–Kier alpha value is -2.67. The molecule has 0 radical (unpaired) electrons. The van der Waals surface area contributed by atoms with E-state index in [2.05, 4.69) is 15.0 Å². The maximum absolute atomic E-state index is 12.4. The first-order chi connectivity index (χ1) is 10.6. The molecule has 1 N–H and O–H groups in total. The number of nitrogens with one attached hydrogen (secondary N) is 1. The number of ketones is 1. The highest BCUT2D eigenvalue weighted by Gasteiger charge is 2.15. The largest absolute Gasteiger partial charge is 0.453 e. The summed E-state index contributed by atoms with van der Waals surface area (Å²) in [5, 5.41) is 4.40. The Morgan fingerprint density at radius 1 is 1.32 bits per heavy atom. The number of benzene rings is 1. The summed E-state index contributed by atoms with van der Waals surface area (Å²) in [5.74, 6) is 0.326. The number of hydrogen-bond donors (Lipinski definition) is 1. The van der Waals surface area contributed by atoms with E-state index < -0.39 is 6.09 Å². The number of aromatic nitrogens is 2. The molecule has 0 atom stereocenters. The predicted molar refractivity (Wildman–Crippen MR) is 84.5 cm³/mol. The summed E-state index contributed by atoms with van der Waals surface area (Å²) in [6.07, 6.45) is -0.590. The number of methoxy groups -OCH3 is 1. The van der Waals surface area contributed by atoms with Gasteiger partial charge in [-0.05, 0) is 29.6 Å². The molecule has 6 nitrogen and oxygen atoms in total. The molecule has 0 bridgehead atoms. The Kier molecular flexibility index (Phi) is 3.64. The summed E-state index contributed by atoms with van der Waals surface area (Å²) in [4.78, 5) is 28.7. The van der Waals surface area contributed by atoms with Gasteiger partial charge in [0.15, 0.2) is 0 Å². The van der Waals surface area contributed by atoms with Crippen molar-refractivity contribution >= 4 is 40.2 Å². The second kappa shape index (κ2) is 5.61. The molecular formula is C15H13N3O3S. The molecule has 1 amide bonds. The summed E-state index contributed by atoms with van der Waals surface area (Å²) in [6.45, 7) is 0. The van der Waals surface area contributed by atoms with Crippen molar-refractivity contribution in [2.24, 2.45) is 7.05 Å². The third kappa shape index (κ3) is 2.46. The Morgan fingerprint density at radius 2 is 2.14 bits per heavy atom. The Balaban J connectivity index is 2.00. The number of ether oxygens (including phenoxy) is 1. The maximum Gasteiger partial charge on any atom is 0.413 e. The zero-order chi connectivity index (χ0) is 15.7. The monoisotopic (exact) mass is 315 g/mol. The van der Waals surface area contributed by atoms with Crippen LogP contribution in [-0.4, -0.2) is 28.5 Å². The molecule has 0 saturated heterocycles. The van der Waals surface area contributed by atoms with E-state index in [-0.39, 0.29) is 5.78 Å². The van der Waals surface area contributed by atoms with Crippen molar-refractivity contribution in [3.05, 3.63) is 46.2 Å². The van der Waals surface area contributed by atoms with Gasteiger partial charge in [-0.25, -0.2) is 9.78 Å². The molecule has 112 valence electrons. The van der Waals surface area contributed by atoms with E-state index in [1.54, 1.807) is 29.8 Å². The highest BCUT2D eigenvalue weighted by atomic mass is 32.1. The molecule has 0 fully saturated rings. The lowest BCUT2D eigenvalue weighted by Gasteiger charge is -2.03. The number of aryl methyl sites for hydroxylation is 1. The minimum atomic E-state index is -0.590. The van der Waals surface area contributed by atoms with Crippen LogP contribution in [0.4, 0.5) is 10.7 Å². The topological polar surface area (TPSA) is 73.2 Å². The number of imidazole rings is 1. The number of thiophene rings is 1. The summed E-state index contributed by atoms with van der Waals surface area (Å²) < 4.78 is 6.29. The van der Waals surface area contributed by atoms with Gasteiger partial charge in [-0.2, -0.15) is 0 Å². The van der Waals surface area contributed by atoms with Crippen LogP contribution in [0.3, 0.4) is 0 Å². The van der Waals surface area contributed by atoms with Crippen molar-refractivity contribution in [3.8, 4) is 0 Å². The number of hydrogen-bond acceptors (Lipinski definition) is 5. The number of fused-ring (bicyclic) bond motifs is 1. The SMILES string of the molecule is COC(=O)Nc1nc2cc(C(=O)c3cccs3)ccc2n1C. The summed E-state index contributed by atoms with van der Waals surface area (Å²) in [5.41, 5.74) is 2.02. The number of carbonyl (C=O) groups is 2. The van der Waals surface area contributed by atoms with Crippen LogP contribution in [0, 0.1) is 0 Å². The molecule has 7 heteroatoms. The standard InChI is InChI=1S/C15H13N3O3S/c1-18-11-6-5-9(13(19)12-4-3-7-22-12)8-10(11)16-14(18)17-15(20)21-2/h3-8H,1-2H3,(H,16,17,20). The second-order valence-corrected chi connectivity index (χ2v) is 5.57. The minimum Gasteiger partial charge on any atom is -0.453 e. The van der Waals surface area contributed by atoms with Gasteiger partial charge < -0.3 is 9.30 Å². The van der Waals surface area contributed by atoms with Crippen molar-refractivity contribution < 1.29 is 14.3 Å². The number of carbonyl (C=O) groups excluding carboxylic acids is 2. The number of anilines is 1. The molecule has 0 aliphatic heterocycles. The normalized spacial score (nSPS) is 10.6. The molecule has 3 rings (SSSR count). The van der Waals surface area contributed by atoms with E-state index >= 15 is 0 Å². The Labute approximate surface area is 130 Å². The van der Waals surface area contributed by atoms with Gasteiger partial charge in [0.25, 0.3) is 0 Å². The number of rotatable bonds is 3. The highest BCUT2D eigenvalue weighted by Crippen LogP contribution is 2.22. The summed E-state index contributed by atoms with van der Waals surface area (Å²) in [6, 6.07) is 8.93. The van der Waals surface area contributed by atoms with Crippen molar-refractivity contribution in [1.82, 2.24) is 9.55 Å². The van der Waals surface area contributed by atoms with E-state index in [4.69, 9.17) is 0 Å². The molecule has 1 aromatic carbocycles. The Morgan fingerprint density at radius 3 is 2.82 bits per heavy atom. The van der Waals surface area contributed by atoms with E-state index in [9.17, 15) is 9.59 Å². The van der Waals surface area contributed by atoms with Gasteiger partial charge in [0.05, 0.1) is 23.0 Å². The van der Waals surface area contributed by atoms with Gasteiger partial charge in [-0.15, -0.1) is 11.3 Å². The van der Waals surface area contributed by atoms with Crippen LogP contribution in [0.2, 0.25) is 0 Å². The first kappa shape index (κ1) is 14.3. The van der Waals surface area contributed by atoms with Crippen LogP contribution < -0.4 is 5.32 Å². The fraction of sp³-hybridized carbons (Fsp3) is 0.133. The lowest BCUT2D eigenvalue weighted by atomic mass is 10.1. The average molecular weight is 315 g/mol. The highest BCUT2D eigenvalue weighted by molar-refractivity contribution is 7.12. The first-order valence-corrected chi connectivity index (χ1v) is 7.38. The summed E-state index contributed by atoms with van der Waals surface area (Å²) >= 11 is 1.40. The van der Waals surface area contributed by atoms with Crippen LogP contribution in [0.1, 0.15) is 15.2 Å². The van der Waals surface area contributed by atoms with Gasteiger partial charge in [0, 0.05) is 12.6 Å². The predicted octanol–water partition coefficient (Wildman–Crippen LogP) is 3.04. The van der Waals surface area contributed by atoms with Crippen molar-refractivity contribution in [1.29, 1.82) is 0 Å².